The van der Waals surface area contributed by atoms with Crippen molar-refractivity contribution in [2.75, 3.05) is 13.1 Å². The molecule has 68 valence electrons. The van der Waals surface area contributed by atoms with E-state index in [0.717, 1.165) is 32.2 Å². The number of piperidine rings is 1. The van der Waals surface area contributed by atoms with Crippen LogP contribution in [-0.4, -0.2) is 19.0 Å². The van der Waals surface area contributed by atoms with Gasteiger partial charge in [-0.15, -0.1) is 0 Å². The highest BCUT2D eigenvalue weighted by Gasteiger charge is 2.94. The molecule has 3 heteroatoms. The summed E-state index contributed by atoms with van der Waals surface area (Å²) in [7, 11) is 0. The molecule has 3 fully saturated rings. The average Bonchev–Trinajstić information content (AvgIpc) is 2.91. The summed E-state index contributed by atoms with van der Waals surface area (Å²) in [4.78, 5) is 0. The van der Waals surface area contributed by atoms with Crippen molar-refractivity contribution in [1.29, 1.82) is 0 Å². The zero-order valence-corrected chi connectivity index (χ0v) is 7.00. The smallest absolute Gasteiger partial charge is 0.261 e. The van der Waals surface area contributed by atoms with Gasteiger partial charge < -0.3 is 5.32 Å². The van der Waals surface area contributed by atoms with Gasteiger partial charge in [0.15, 0.2) is 0 Å². The predicted molar refractivity (Wildman–Crippen MR) is 41.2 cm³/mol. The topological polar surface area (TPSA) is 12.0 Å². The number of nitrogens with one attached hydrogen (secondary N) is 1. The van der Waals surface area contributed by atoms with E-state index in [1.54, 1.807) is 0 Å². The summed E-state index contributed by atoms with van der Waals surface area (Å²) in [6.07, 6.45) is 3.20. The molecule has 1 aliphatic heterocycles. The van der Waals surface area contributed by atoms with E-state index in [1.807, 2.05) is 0 Å². The molecule has 0 aromatic rings. The molecule has 3 aliphatic rings. The van der Waals surface area contributed by atoms with E-state index in [-0.39, 0.29) is 0 Å². The minimum Gasteiger partial charge on any atom is -0.316 e. The molecule has 0 aromatic heterocycles. The molecular weight excluding hydrogens is 160 g/mol. The molecule has 12 heavy (non-hydrogen) atoms. The molecular formula is C9H13F2N. The number of alkyl halides is 2. The lowest BCUT2D eigenvalue weighted by atomic mass is 9.92. The summed E-state index contributed by atoms with van der Waals surface area (Å²) in [6, 6.07) is 0. The molecule has 2 spiro atoms. The second kappa shape index (κ2) is 1.69. The number of hydrogen-bond acceptors (Lipinski definition) is 1. The summed E-state index contributed by atoms with van der Waals surface area (Å²) in [5.41, 5.74) is -1.15. The Balaban J connectivity index is 1.93. The van der Waals surface area contributed by atoms with Crippen LogP contribution in [0.2, 0.25) is 0 Å². The second-order valence-corrected chi connectivity index (χ2v) is 4.52. The van der Waals surface area contributed by atoms with Crippen molar-refractivity contribution >= 4 is 0 Å². The normalized spacial score (nSPS) is 46.5. The van der Waals surface area contributed by atoms with E-state index >= 15 is 0 Å². The minimum absolute atomic E-state index is 0.534. The highest BCUT2D eigenvalue weighted by Crippen LogP contribution is 2.88. The average molecular weight is 173 g/mol. The Kier molecular flexibility index (Phi) is 1.02. The zero-order chi connectivity index (χ0) is 8.45. The number of rotatable bonds is 0. The van der Waals surface area contributed by atoms with Crippen molar-refractivity contribution in [3.63, 3.8) is 0 Å². The standard InChI is InChI=1S/C9H13F2N/c10-9(11)7(3-4-7)8(9)2-1-5-12-6-8/h12H,1-6H2/t8-/m0/s1. The van der Waals surface area contributed by atoms with Crippen molar-refractivity contribution in [3.8, 4) is 0 Å². The van der Waals surface area contributed by atoms with Gasteiger partial charge in [0.25, 0.3) is 5.92 Å². The number of fused-ring (bicyclic) bond motifs is 1. The highest BCUT2D eigenvalue weighted by atomic mass is 19.3. The molecule has 2 saturated carbocycles. The van der Waals surface area contributed by atoms with E-state index in [9.17, 15) is 8.78 Å². The van der Waals surface area contributed by atoms with Crippen LogP contribution in [-0.2, 0) is 0 Å². The van der Waals surface area contributed by atoms with Gasteiger partial charge in [0.05, 0.1) is 5.41 Å². The first-order valence-electron chi connectivity index (χ1n) is 4.75. The van der Waals surface area contributed by atoms with Crippen LogP contribution in [0.3, 0.4) is 0 Å². The van der Waals surface area contributed by atoms with E-state index in [1.165, 1.54) is 0 Å². The molecule has 0 amide bonds. The maximum atomic E-state index is 13.5. The summed E-state index contributed by atoms with van der Waals surface area (Å²) in [5, 5.41) is 3.11. The molecule has 0 unspecified atom stereocenters. The molecule has 2 aliphatic carbocycles. The fourth-order valence-electron chi connectivity index (χ4n) is 3.24. The summed E-state index contributed by atoms with van der Waals surface area (Å²) >= 11 is 0. The molecule has 1 nitrogen and oxygen atoms in total. The highest BCUT2D eigenvalue weighted by molar-refractivity contribution is 5.35. The molecule has 1 atom stereocenters. The van der Waals surface area contributed by atoms with Gasteiger partial charge >= 0.3 is 0 Å². The SMILES string of the molecule is FC1(F)C2(CC2)[C@@]12CCCNC2. The van der Waals surface area contributed by atoms with Gasteiger partial charge in [-0.25, -0.2) is 8.78 Å². The third-order valence-electron chi connectivity index (χ3n) is 4.19. The zero-order valence-electron chi connectivity index (χ0n) is 7.00. The molecule has 1 N–H and O–H groups in total. The van der Waals surface area contributed by atoms with Gasteiger partial charge in [0.2, 0.25) is 0 Å². The molecule has 1 saturated heterocycles. The van der Waals surface area contributed by atoms with Gasteiger partial charge in [-0.05, 0) is 32.2 Å². The van der Waals surface area contributed by atoms with Crippen LogP contribution in [0.15, 0.2) is 0 Å². The maximum absolute atomic E-state index is 13.5. The largest absolute Gasteiger partial charge is 0.316 e. The van der Waals surface area contributed by atoms with E-state index in [4.69, 9.17) is 0 Å². The van der Waals surface area contributed by atoms with E-state index in [2.05, 4.69) is 5.32 Å². The summed E-state index contributed by atoms with van der Waals surface area (Å²) in [5.74, 6) is -2.34. The first-order chi connectivity index (χ1) is 5.66. The van der Waals surface area contributed by atoms with E-state index in [0.29, 0.717) is 6.54 Å². The lowest BCUT2D eigenvalue weighted by Gasteiger charge is -2.22. The third-order valence-corrected chi connectivity index (χ3v) is 4.19. The molecule has 0 bridgehead atoms. The van der Waals surface area contributed by atoms with Crippen molar-refractivity contribution < 1.29 is 8.78 Å². The fourth-order valence-corrected chi connectivity index (χ4v) is 3.24. The lowest BCUT2D eigenvalue weighted by molar-refractivity contribution is 0.0467. The van der Waals surface area contributed by atoms with Crippen molar-refractivity contribution in [1.82, 2.24) is 5.32 Å². The number of halogens is 2. The maximum Gasteiger partial charge on any atom is 0.261 e. The monoisotopic (exact) mass is 173 g/mol. The Morgan fingerprint density at radius 3 is 2.17 bits per heavy atom. The van der Waals surface area contributed by atoms with E-state index < -0.39 is 16.8 Å². The van der Waals surface area contributed by atoms with Crippen LogP contribution < -0.4 is 5.32 Å². The predicted octanol–water partition coefficient (Wildman–Crippen LogP) is 1.79. The van der Waals surface area contributed by atoms with Gasteiger partial charge in [0, 0.05) is 12.0 Å². The first kappa shape index (κ1) is 7.25. The van der Waals surface area contributed by atoms with Crippen LogP contribution >= 0.6 is 0 Å². The Labute approximate surface area is 70.5 Å². The minimum atomic E-state index is -2.34. The van der Waals surface area contributed by atoms with Crippen LogP contribution in [0.4, 0.5) is 8.78 Å². The van der Waals surface area contributed by atoms with Crippen molar-refractivity contribution in [2.45, 2.75) is 31.6 Å². The van der Waals surface area contributed by atoms with Crippen LogP contribution in [0.1, 0.15) is 25.7 Å². The van der Waals surface area contributed by atoms with Gasteiger partial charge in [-0.1, -0.05) is 0 Å². The molecule has 0 aromatic carbocycles. The molecule has 1 heterocycles. The van der Waals surface area contributed by atoms with Crippen molar-refractivity contribution in [2.24, 2.45) is 10.8 Å². The van der Waals surface area contributed by atoms with Crippen molar-refractivity contribution in [3.05, 3.63) is 0 Å². The van der Waals surface area contributed by atoms with Crippen LogP contribution in [0.25, 0.3) is 0 Å². The Hall–Kier alpha value is -0.180. The first-order valence-corrected chi connectivity index (χ1v) is 4.75. The Morgan fingerprint density at radius 2 is 1.75 bits per heavy atom. The van der Waals surface area contributed by atoms with Gasteiger partial charge in [0.1, 0.15) is 0 Å². The summed E-state index contributed by atoms with van der Waals surface area (Å²) < 4.78 is 26.9. The fraction of sp³-hybridized carbons (Fsp3) is 1.00. The van der Waals surface area contributed by atoms with Gasteiger partial charge in [-0.2, -0.15) is 0 Å². The third kappa shape index (κ3) is 0.482. The summed E-state index contributed by atoms with van der Waals surface area (Å²) in [6.45, 7) is 1.48. The van der Waals surface area contributed by atoms with Crippen LogP contribution in [0, 0.1) is 10.8 Å². The second-order valence-electron chi connectivity index (χ2n) is 4.52. The number of hydrogen-bond donors (Lipinski definition) is 1. The lowest BCUT2D eigenvalue weighted by Crippen LogP contribution is -2.35. The van der Waals surface area contributed by atoms with Gasteiger partial charge in [-0.3, -0.25) is 0 Å². The van der Waals surface area contributed by atoms with Crippen LogP contribution in [0.5, 0.6) is 0 Å². The molecule has 0 radical (unpaired) electrons. The molecule has 3 rings (SSSR count). The Morgan fingerprint density at radius 1 is 1.00 bits per heavy atom. The Bertz CT molecular complexity index is 221. The quantitative estimate of drug-likeness (QED) is 0.589.